The molecular formula is C25H22N6O4. The molecule has 5 rings (SSSR count). The molecule has 3 aromatic rings. The highest BCUT2D eigenvalue weighted by Gasteiger charge is 2.39. The first-order valence-corrected chi connectivity index (χ1v) is 11.1. The number of pyridine rings is 2. The van der Waals surface area contributed by atoms with E-state index in [1.165, 1.54) is 11.1 Å². The van der Waals surface area contributed by atoms with Crippen molar-refractivity contribution in [2.24, 2.45) is 5.73 Å². The van der Waals surface area contributed by atoms with Crippen molar-refractivity contribution in [3.8, 4) is 11.1 Å². The van der Waals surface area contributed by atoms with E-state index in [2.05, 4.69) is 15.3 Å². The molecule has 10 nitrogen and oxygen atoms in total. The van der Waals surface area contributed by atoms with Gasteiger partial charge in [0.05, 0.1) is 0 Å². The number of carbonyl (C=O) groups is 4. The third-order valence-corrected chi connectivity index (χ3v) is 6.40. The number of aromatic nitrogens is 2. The molecule has 1 atom stereocenters. The molecule has 0 saturated carbocycles. The molecule has 4 heterocycles. The van der Waals surface area contributed by atoms with Crippen molar-refractivity contribution in [1.82, 2.24) is 20.2 Å². The molecule has 1 saturated heterocycles. The number of nitrogens with one attached hydrogen (secondary N) is 1. The normalized spacial score (nSPS) is 17.3. The maximum Gasteiger partial charge on any atom is 0.267 e. The van der Waals surface area contributed by atoms with Gasteiger partial charge in [-0.3, -0.25) is 29.5 Å². The molecular weight excluding hydrogens is 448 g/mol. The summed E-state index contributed by atoms with van der Waals surface area (Å²) in [4.78, 5) is 58.8. The second-order valence-electron chi connectivity index (χ2n) is 8.55. The van der Waals surface area contributed by atoms with Gasteiger partial charge in [0.2, 0.25) is 11.8 Å². The monoisotopic (exact) mass is 470 g/mol. The van der Waals surface area contributed by atoms with Crippen LogP contribution >= 0.6 is 0 Å². The molecule has 1 aromatic carbocycles. The molecule has 4 amide bonds. The molecule has 2 aliphatic rings. The standard InChI is InChI=1S/C25H22N6O4/c26-22-14(9-13-3-2-8-28-21(13)23(27)33)10-15(11-29-22)16-4-1-5-17-18(16)12-31(25(17)35)19-6-7-20(32)30-24(19)34/h1-5,8,10-11,19H,6-7,9,12H2,(H2,26,29)(H2,27,33)(H,30,32,34). The number of hydrogen-bond acceptors (Lipinski definition) is 7. The molecule has 0 radical (unpaired) electrons. The fourth-order valence-electron chi connectivity index (χ4n) is 4.67. The number of rotatable bonds is 5. The fraction of sp³-hybridized carbons (Fsp3) is 0.200. The molecule has 5 N–H and O–H groups in total. The van der Waals surface area contributed by atoms with E-state index in [1.54, 1.807) is 30.5 Å². The molecule has 176 valence electrons. The van der Waals surface area contributed by atoms with Crippen LogP contribution in [0, 0.1) is 0 Å². The van der Waals surface area contributed by atoms with Gasteiger partial charge < -0.3 is 16.4 Å². The lowest BCUT2D eigenvalue weighted by Gasteiger charge is -2.29. The lowest BCUT2D eigenvalue weighted by Crippen LogP contribution is -2.52. The van der Waals surface area contributed by atoms with Gasteiger partial charge in [-0.1, -0.05) is 18.2 Å². The molecule has 2 aromatic heterocycles. The summed E-state index contributed by atoms with van der Waals surface area (Å²) < 4.78 is 0. The number of nitrogens with zero attached hydrogens (tertiary/aromatic N) is 3. The van der Waals surface area contributed by atoms with Crippen molar-refractivity contribution in [3.63, 3.8) is 0 Å². The Kier molecular flexibility index (Phi) is 5.48. The van der Waals surface area contributed by atoms with E-state index >= 15 is 0 Å². The highest BCUT2D eigenvalue weighted by atomic mass is 16.2. The Morgan fingerprint density at radius 3 is 2.66 bits per heavy atom. The van der Waals surface area contributed by atoms with Gasteiger partial charge in [0.1, 0.15) is 17.6 Å². The largest absolute Gasteiger partial charge is 0.383 e. The Morgan fingerprint density at radius 2 is 1.89 bits per heavy atom. The van der Waals surface area contributed by atoms with Gasteiger partial charge in [0.15, 0.2) is 0 Å². The number of imide groups is 1. The van der Waals surface area contributed by atoms with Crippen LogP contribution in [0.15, 0.2) is 48.8 Å². The van der Waals surface area contributed by atoms with Crippen LogP contribution in [0.5, 0.6) is 0 Å². The van der Waals surface area contributed by atoms with Crippen LogP contribution in [0.1, 0.15) is 50.4 Å². The van der Waals surface area contributed by atoms with Gasteiger partial charge >= 0.3 is 0 Å². The highest BCUT2D eigenvalue weighted by molar-refractivity contribution is 6.06. The zero-order chi connectivity index (χ0) is 24.7. The first-order valence-electron chi connectivity index (χ1n) is 11.1. The minimum Gasteiger partial charge on any atom is -0.383 e. The maximum absolute atomic E-state index is 13.1. The van der Waals surface area contributed by atoms with Crippen molar-refractivity contribution >= 4 is 29.4 Å². The van der Waals surface area contributed by atoms with Crippen LogP contribution in [-0.2, 0) is 22.6 Å². The number of hydrogen-bond donors (Lipinski definition) is 3. The first-order chi connectivity index (χ1) is 16.8. The number of fused-ring (bicyclic) bond motifs is 1. The second-order valence-corrected chi connectivity index (χ2v) is 8.55. The number of nitrogens with two attached hydrogens (primary N) is 2. The van der Waals surface area contributed by atoms with E-state index in [4.69, 9.17) is 11.5 Å². The third-order valence-electron chi connectivity index (χ3n) is 6.40. The Hall–Kier alpha value is -4.60. The van der Waals surface area contributed by atoms with E-state index in [1.807, 2.05) is 12.1 Å². The molecule has 1 unspecified atom stereocenters. The Bertz CT molecular complexity index is 1400. The zero-order valence-corrected chi connectivity index (χ0v) is 18.7. The van der Waals surface area contributed by atoms with E-state index in [9.17, 15) is 19.2 Å². The third kappa shape index (κ3) is 3.99. The maximum atomic E-state index is 13.1. The van der Waals surface area contributed by atoms with E-state index in [0.717, 1.165) is 16.7 Å². The van der Waals surface area contributed by atoms with Gasteiger partial charge in [-0.05, 0) is 46.9 Å². The average Bonchev–Trinajstić information content (AvgIpc) is 3.17. The fourth-order valence-corrected chi connectivity index (χ4v) is 4.67. The smallest absolute Gasteiger partial charge is 0.267 e. The number of piperidine rings is 1. The van der Waals surface area contributed by atoms with Crippen molar-refractivity contribution in [3.05, 3.63) is 76.7 Å². The Morgan fingerprint density at radius 1 is 1.09 bits per heavy atom. The predicted molar refractivity (Wildman–Crippen MR) is 126 cm³/mol. The Balaban J connectivity index is 1.49. The number of nitrogen functional groups attached to an aromatic ring is 1. The topological polar surface area (TPSA) is 161 Å². The number of amides is 4. The highest BCUT2D eigenvalue weighted by Crippen LogP contribution is 2.35. The summed E-state index contributed by atoms with van der Waals surface area (Å²) in [5, 5.41) is 2.32. The van der Waals surface area contributed by atoms with Gasteiger partial charge in [0.25, 0.3) is 11.8 Å². The molecule has 1 fully saturated rings. The minimum absolute atomic E-state index is 0.170. The molecule has 2 aliphatic heterocycles. The zero-order valence-electron chi connectivity index (χ0n) is 18.7. The van der Waals surface area contributed by atoms with Gasteiger partial charge in [-0.25, -0.2) is 4.98 Å². The summed E-state index contributed by atoms with van der Waals surface area (Å²) in [7, 11) is 0. The molecule has 0 bridgehead atoms. The van der Waals surface area contributed by atoms with Gasteiger partial charge in [-0.2, -0.15) is 0 Å². The van der Waals surface area contributed by atoms with Crippen molar-refractivity contribution < 1.29 is 19.2 Å². The van der Waals surface area contributed by atoms with Crippen LogP contribution in [-0.4, -0.2) is 44.5 Å². The number of anilines is 1. The summed E-state index contributed by atoms with van der Waals surface area (Å²) in [5.41, 5.74) is 15.9. The van der Waals surface area contributed by atoms with Crippen LogP contribution in [0.2, 0.25) is 0 Å². The van der Waals surface area contributed by atoms with Crippen LogP contribution in [0.25, 0.3) is 11.1 Å². The van der Waals surface area contributed by atoms with E-state index < -0.39 is 17.9 Å². The van der Waals surface area contributed by atoms with Gasteiger partial charge in [0, 0.05) is 42.9 Å². The molecule has 35 heavy (non-hydrogen) atoms. The lowest BCUT2D eigenvalue weighted by molar-refractivity contribution is -0.136. The summed E-state index contributed by atoms with van der Waals surface area (Å²) in [6, 6.07) is 10.0. The lowest BCUT2D eigenvalue weighted by atomic mass is 9.95. The number of benzene rings is 1. The SMILES string of the molecule is NC(=O)c1ncccc1Cc1cc(-c2cccc3c2CN(C2CCC(=O)NC2=O)C3=O)cnc1N. The number of primary amides is 1. The van der Waals surface area contributed by atoms with Crippen LogP contribution in [0.4, 0.5) is 5.82 Å². The molecule has 10 heteroatoms. The van der Waals surface area contributed by atoms with E-state index in [0.29, 0.717) is 35.3 Å². The number of carbonyl (C=O) groups excluding carboxylic acids is 4. The average molecular weight is 470 g/mol. The minimum atomic E-state index is -0.696. The second kappa shape index (κ2) is 8.64. The summed E-state index contributed by atoms with van der Waals surface area (Å²) >= 11 is 0. The quantitative estimate of drug-likeness (QED) is 0.472. The Labute approximate surface area is 200 Å². The summed E-state index contributed by atoms with van der Waals surface area (Å²) in [5.74, 6) is -1.36. The van der Waals surface area contributed by atoms with Crippen molar-refractivity contribution in [2.45, 2.75) is 31.8 Å². The van der Waals surface area contributed by atoms with Crippen molar-refractivity contribution in [1.29, 1.82) is 0 Å². The van der Waals surface area contributed by atoms with Crippen molar-refractivity contribution in [2.75, 3.05) is 5.73 Å². The predicted octanol–water partition coefficient (Wildman–Crippen LogP) is 1.18. The van der Waals surface area contributed by atoms with Gasteiger partial charge in [-0.15, -0.1) is 0 Å². The molecule has 0 aliphatic carbocycles. The van der Waals surface area contributed by atoms with Crippen LogP contribution in [0.3, 0.4) is 0 Å². The summed E-state index contributed by atoms with van der Waals surface area (Å²) in [6.07, 6.45) is 3.91. The van der Waals surface area contributed by atoms with E-state index in [-0.39, 0.29) is 30.5 Å². The summed E-state index contributed by atoms with van der Waals surface area (Å²) in [6.45, 7) is 0.241. The molecule has 0 spiro atoms. The first kappa shape index (κ1) is 22.2. The van der Waals surface area contributed by atoms with Crippen LogP contribution < -0.4 is 16.8 Å².